The second-order valence-electron chi connectivity index (χ2n) is 6.15. The Labute approximate surface area is 137 Å². The van der Waals surface area contributed by atoms with E-state index in [1.54, 1.807) is 6.07 Å². The van der Waals surface area contributed by atoms with Crippen LogP contribution in [0.3, 0.4) is 0 Å². The van der Waals surface area contributed by atoms with Gasteiger partial charge in [-0.2, -0.15) is 0 Å². The van der Waals surface area contributed by atoms with Crippen LogP contribution in [0.25, 0.3) is 0 Å². The molecule has 4 nitrogen and oxygen atoms in total. The molecule has 1 aliphatic heterocycles. The summed E-state index contributed by atoms with van der Waals surface area (Å²) in [6, 6.07) is 7.40. The van der Waals surface area contributed by atoms with Gasteiger partial charge in [0.2, 0.25) is 0 Å². The van der Waals surface area contributed by atoms with E-state index in [9.17, 15) is 9.18 Å². The van der Waals surface area contributed by atoms with Gasteiger partial charge >= 0.3 is 5.97 Å². The molecule has 5 heteroatoms. The average molecular weight is 323 g/mol. The van der Waals surface area contributed by atoms with Gasteiger partial charge < -0.3 is 14.8 Å². The number of carbonyl (C=O) groups is 1. The molecule has 0 aromatic heterocycles. The number of benzene rings is 1. The van der Waals surface area contributed by atoms with E-state index in [2.05, 4.69) is 10.1 Å². The first kappa shape index (κ1) is 17.7. The molecule has 2 fully saturated rings. The molecule has 1 aromatic carbocycles. The van der Waals surface area contributed by atoms with Crippen LogP contribution in [0.15, 0.2) is 24.3 Å². The van der Waals surface area contributed by atoms with Crippen molar-refractivity contribution in [2.75, 3.05) is 26.8 Å². The Hall–Kier alpha value is -1.62. The SMILES string of the molecule is C1CC1.COC(=O)CCc1cccc(OCC2(F)CCNC2)c1. The number of rotatable bonds is 6. The molecule has 0 bridgehead atoms. The smallest absolute Gasteiger partial charge is 0.305 e. The summed E-state index contributed by atoms with van der Waals surface area (Å²) >= 11 is 0. The lowest BCUT2D eigenvalue weighted by Gasteiger charge is -2.18. The quantitative estimate of drug-likeness (QED) is 0.818. The van der Waals surface area contributed by atoms with Crippen LogP contribution in [0.5, 0.6) is 5.75 Å². The van der Waals surface area contributed by atoms with E-state index in [0.29, 0.717) is 38.1 Å². The minimum absolute atomic E-state index is 0.0560. The molecule has 128 valence electrons. The number of aryl methyl sites for hydroxylation is 1. The van der Waals surface area contributed by atoms with Crippen LogP contribution in [-0.4, -0.2) is 38.4 Å². The third kappa shape index (κ3) is 6.99. The fourth-order valence-corrected chi connectivity index (χ4v) is 2.19. The van der Waals surface area contributed by atoms with Crippen molar-refractivity contribution in [1.82, 2.24) is 5.32 Å². The highest BCUT2D eigenvalue weighted by Gasteiger charge is 2.34. The molecule has 0 amide bonds. The summed E-state index contributed by atoms with van der Waals surface area (Å²) < 4.78 is 24.3. The maximum Gasteiger partial charge on any atom is 0.305 e. The third-order valence-corrected chi connectivity index (χ3v) is 3.79. The van der Waals surface area contributed by atoms with Gasteiger partial charge in [0.25, 0.3) is 0 Å². The molecule has 1 aromatic rings. The number of hydrogen-bond donors (Lipinski definition) is 1. The van der Waals surface area contributed by atoms with Crippen molar-refractivity contribution >= 4 is 5.97 Å². The number of carbonyl (C=O) groups excluding carboxylic acids is 1. The van der Waals surface area contributed by atoms with Gasteiger partial charge in [-0.1, -0.05) is 31.4 Å². The van der Waals surface area contributed by atoms with E-state index in [4.69, 9.17) is 4.74 Å². The normalized spacial score (nSPS) is 22.0. The highest BCUT2D eigenvalue weighted by molar-refractivity contribution is 5.69. The molecule has 1 aliphatic carbocycles. The Morgan fingerprint density at radius 3 is 2.74 bits per heavy atom. The van der Waals surface area contributed by atoms with Crippen LogP contribution >= 0.6 is 0 Å². The Kier molecular flexibility index (Phi) is 6.84. The second-order valence-corrected chi connectivity index (χ2v) is 6.15. The van der Waals surface area contributed by atoms with Crippen LogP contribution < -0.4 is 10.1 Å². The van der Waals surface area contributed by atoms with E-state index in [1.807, 2.05) is 18.2 Å². The molecule has 1 atom stereocenters. The molecule has 1 saturated carbocycles. The maximum atomic E-state index is 14.1. The van der Waals surface area contributed by atoms with Gasteiger partial charge in [0.15, 0.2) is 5.67 Å². The van der Waals surface area contributed by atoms with Gasteiger partial charge in [-0.05, 0) is 37.1 Å². The summed E-state index contributed by atoms with van der Waals surface area (Å²) in [5, 5.41) is 2.99. The van der Waals surface area contributed by atoms with Crippen molar-refractivity contribution in [3.8, 4) is 5.75 Å². The second kappa shape index (κ2) is 8.87. The molecule has 1 saturated heterocycles. The molecule has 0 spiro atoms. The zero-order valence-electron chi connectivity index (χ0n) is 13.8. The molecule has 0 radical (unpaired) electrons. The van der Waals surface area contributed by atoms with E-state index in [-0.39, 0.29) is 12.6 Å². The number of ether oxygens (including phenoxy) is 2. The number of esters is 1. The minimum Gasteiger partial charge on any atom is -0.490 e. The first-order valence-electron chi connectivity index (χ1n) is 8.29. The largest absolute Gasteiger partial charge is 0.490 e. The van der Waals surface area contributed by atoms with Crippen molar-refractivity contribution < 1.29 is 18.7 Å². The van der Waals surface area contributed by atoms with Crippen molar-refractivity contribution in [3.05, 3.63) is 29.8 Å². The predicted molar refractivity (Wildman–Crippen MR) is 87.5 cm³/mol. The predicted octanol–water partition coefficient (Wildman–Crippen LogP) is 3.04. The molecule has 1 N–H and O–H groups in total. The van der Waals surface area contributed by atoms with E-state index in [1.165, 1.54) is 26.4 Å². The van der Waals surface area contributed by atoms with Crippen molar-refractivity contribution in [1.29, 1.82) is 0 Å². The van der Waals surface area contributed by atoms with E-state index < -0.39 is 5.67 Å². The van der Waals surface area contributed by atoms with Crippen LogP contribution in [0.2, 0.25) is 0 Å². The lowest BCUT2D eigenvalue weighted by Crippen LogP contribution is -2.33. The lowest BCUT2D eigenvalue weighted by atomic mass is 10.1. The van der Waals surface area contributed by atoms with Gasteiger partial charge in [-0.25, -0.2) is 4.39 Å². The summed E-state index contributed by atoms with van der Waals surface area (Å²) in [6.07, 6.45) is 5.90. The summed E-state index contributed by atoms with van der Waals surface area (Å²) in [6.45, 7) is 1.09. The Morgan fingerprint density at radius 2 is 2.13 bits per heavy atom. The lowest BCUT2D eigenvalue weighted by molar-refractivity contribution is -0.140. The third-order valence-electron chi connectivity index (χ3n) is 3.79. The van der Waals surface area contributed by atoms with Crippen LogP contribution in [0.4, 0.5) is 4.39 Å². The maximum absolute atomic E-state index is 14.1. The zero-order valence-corrected chi connectivity index (χ0v) is 13.8. The Balaban J connectivity index is 0.000000572. The van der Waals surface area contributed by atoms with Crippen molar-refractivity contribution in [2.45, 2.75) is 44.2 Å². The molecular weight excluding hydrogens is 297 g/mol. The fraction of sp³-hybridized carbons (Fsp3) is 0.611. The number of nitrogens with one attached hydrogen (secondary N) is 1. The standard InChI is InChI=1S/C15H20FNO3.C3H6/c1-19-14(18)6-5-12-3-2-4-13(9-12)20-11-15(16)7-8-17-10-15;1-2-3-1/h2-4,9,17H,5-8,10-11H2,1H3;1-3H2. The molecular formula is C18H26FNO3. The van der Waals surface area contributed by atoms with Gasteiger partial charge in [0, 0.05) is 13.0 Å². The highest BCUT2D eigenvalue weighted by atomic mass is 19.1. The molecule has 2 aliphatic rings. The molecule has 3 rings (SSSR count). The molecule has 23 heavy (non-hydrogen) atoms. The number of methoxy groups -OCH3 is 1. The Bertz CT molecular complexity index is 496. The van der Waals surface area contributed by atoms with Gasteiger partial charge in [-0.3, -0.25) is 4.79 Å². The van der Waals surface area contributed by atoms with Crippen LogP contribution in [0, 0.1) is 0 Å². The van der Waals surface area contributed by atoms with Crippen molar-refractivity contribution in [3.63, 3.8) is 0 Å². The van der Waals surface area contributed by atoms with Crippen LogP contribution in [-0.2, 0) is 16.0 Å². The molecule has 1 unspecified atom stereocenters. The van der Waals surface area contributed by atoms with Crippen LogP contribution in [0.1, 0.15) is 37.7 Å². The number of halogens is 1. The number of alkyl halides is 1. The summed E-state index contributed by atoms with van der Waals surface area (Å²) in [7, 11) is 1.37. The monoisotopic (exact) mass is 323 g/mol. The van der Waals surface area contributed by atoms with E-state index >= 15 is 0 Å². The van der Waals surface area contributed by atoms with Gasteiger partial charge in [-0.15, -0.1) is 0 Å². The summed E-state index contributed by atoms with van der Waals surface area (Å²) in [4.78, 5) is 11.1. The minimum atomic E-state index is -1.28. The molecule has 1 heterocycles. The van der Waals surface area contributed by atoms with Gasteiger partial charge in [0.1, 0.15) is 12.4 Å². The fourth-order valence-electron chi connectivity index (χ4n) is 2.19. The zero-order chi connectivity index (χ0) is 16.5. The van der Waals surface area contributed by atoms with Gasteiger partial charge in [0.05, 0.1) is 7.11 Å². The summed E-state index contributed by atoms with van der Waals surface area (Å²) in [5.74, 6) is 0.396. The number of hydrogen-bond acceptors (Lipinski definition) is 4. The first-order valence-corrected chi connectivity index (χ1v) is 8.29. The van der Waals surface area contributed by atoms with Crippen molar-refractivity contribution in [2.24, 2.45) is 0 Å². The van der Waals surface area contributed by atoms with E-state index in [0.717, 1.165) is 5.56 Å². The Morgan fingerprint density at radius 1 is 1.35 bits per heavy atom. The summed E-state index contributed by atoms with van der Waals surface area (Å²) in [5.41, 5.74) is -0.299. The first-order chi connectivity index (χ1) is 11.1. The average Bonchev–Trinajstić information content (AvgIpc) is 3.40. The highest BCUT2D eigenvalue weighted by Crippen LogP contribution is 2.22. The topological polar surface area (TPSA) is 47.6 Å².